The Labute approximate surface area is 105 Å². The first-order valence-electron chi connectivity index (χ1n) is 5.81. The number of carbonyl (C=O) groups is 2. The summed E-state index contributed by atoms with van der Waals surface area (Å²) >= 11 is 0. The normalized spacial score (nSPS) is 19.2. The highest BCUT2D eigenvalue weighted by molar-refractivity contribution is 6.07. The number of likely N-dealkylation sites (tertiary alicyclic amines) is 1. The van der Waals surface area contributed by atoms with Crippen LogP contribution in [0.25, 0.3) is 0 Å². The van der Waals surface area contributed by atoms with Gasteiger partial charge in [-0.1, -0.05) is 6.07 Å². The van der Waals surface area contributed by atoms with E-state index in [0.29, 0.717) is 13.0 Å². The van der Waals surface area contributed by atoms with Crippen LogP contribution in [0, 0.1) is 18.7 Å². The van der Waals surface area contributed by atoms with Gasteiger partial charge in [-0.2, -0.15) is 0 Å². The summed E-state index contributed by atoms with van der Waals surface area (Å²) in [4.78, 5) is 25.0. The maximum atomic E-state index is 13.6. The van der Waals surface area contributed by atoms with Crippen molar-refractivity contribution in [2.24, 2.45) is 5.92 Å². The number of benzene rings is 1. The standard InChI is InChI=1S/C13H15FN2O2/c1-8-3-4-11(10(14)7-8)15-12(17)9-5-6-16(2)13(9)18/h3-4,7,9H,5-6H2,1-2H3,(H,15,17)/t9-/m0/s1. The van der Waals surface area contributed by atoms with E-state index in [2.05, 4.69) is 5.32 Å². The first-order valence-corrected chi connectivity index (χ1v) is 5.81. The second kappa shape index (κ2) is 4.76. The second-order valence-electron chi connectivity index (χ2n) is 4.57. The van der Waals surface area contributed by atoms with Crippen LogP contribution in [0.1, 0.15) is 12.0 Å². The van der Waals surface area contributed by atoms with E-state index < -0.39 is 17.6 Å². The molecule has 2 rings (SSSR count). The van der Waals surface area contributed by atoms with Gasteiger partial charge in [0.15, 0.2) is 0 Å². The van der Waals surface area contributed by atoms with Crippen molar-refractivity contribution in [3.8, 4) is 0 Å². The Kier molecular flexibility index (Phi) is 3.32. The molecule has 1 aliphatic rings. The van der Waals surface area contributed by atoms with E-state index in [0.717, 1.165) is 5.56 Å². The lowest BCUT2D eigenvalue weighted by Gasteiger charge is -2.11. The van der Waals surface area contributed by atoms with E-state index in [1.807, 2.05) is 0 Å². The van der Waals surface area contributed by atoms with Gasteiger partial charge in [-0.25, -0.2) is 4.39 Å². The SMILES string of the molecule is Cc1ccc(NC(=O)[C@@H]2CCN(C)C2=O)c(F)c1. The molecule has 0 radical (unpaired) electrons. The summed E-state index contributed by atoms with van der Waals surface area (Å²) in [6.45, 7) is 2.33. The van der Waals surface area contributed by atoms with Gasteiger partial charge in [0.2, 0.25) is 11.8 Å². The number of carbonyl (C=O) groups excluding carboxylic acids is 2. The number of halogens is 1. The summed E-state index contributed by atoms with van der Waals surface area (Å²) in [6, 6.07) is 4.56. The fraction of sp³-hybridized carbons (Fsp3) is 0.385. The summed E-state index contributed by atoms with van der Waals surface area (Å²) in [5.41, 5.74) is 0.898. The van der Waals surface area contributed by atoms with Gasteiger partial charge >= 0.3 is 0 Å². The third kappa shape index (κ3) is 2.34. The van der Waals surface area contributed by atoms with E-state index in [1.165, 1.54) is 17.0 Å². The van der Waals surface area contributed by atoms with Crippen LogP contribution in [0.2, 0.25) is 0 Å². The molecule has 0 aliphatic carbocycles. The van der Waals surface area contributed by atoms with Crippen LogP contribution in [0.4, 0.5) is 10.1 Å². The maximum Gasteiger partial charge on any atom is 0.237 e. The summed E-state index contributed by atoms with van der Waals surface area (Å²) in [5.74, 6) is -1.83. The fourth-order valence-corrected chi connectivity index (χ4v) is 2.01. The Balaban J connectivity index is 2.10. The van der Waals surface area contributed by atoms with E-state index in [1.54, 1.807) is 20.0 Å². The van der Waals surface area contributed by atoms with Crippen LogP contribution in [0.5, 0.6) is 0 Å². The van der Waals surface area contributed by atoms with Crippen LogP contribution in [0.15, 0.2) is 18.2 Å². The van der Waals surface area contributed by atoms with Crippen LogP contribution in [-0.4, -0.2) is 30.3 Å². The van der Waals surface area contributed by atoms with E-state index >= 15 is 0 Å². The molecule has 5 heteroatoms. The fourth-order valence-electron chi connectivity index (χ4n) is 2.01. The van der Waals surface area contributed by atoms with Crippen molar-refractivity contribution >= 4 is 17.5 Å². The predicted octanol–water partition coefficient (Wildman–Crippen LogP) is 1.55. The molecule has 1 aromatic carbocycles. The molecular weight excluding hydrogens is 235 g/mol. The molecule has 0 bridgehead atoms. The molecule has 18 heavy (non-hydrogen) atoms. The number of hydrogen-bond acceptors (Lipinski definition) is 2. The van der Waals surface area contributed by atoms with Gasteiger partial charge in [-0.05, 0) is 31.0 Å². The highest BCUT2D eigenvalue weighted by Crippen LogP contribution is 2.20. The molecule has 1 heterocycles. The van der Waals surface area contributed by atoms with Crippen molar-refractivity contribution in [2.75, 3.05) is 18.9 Å². The largest absolute Gasteiger partial charge is 0.345 e. The van der Waals surface area contributed by atoms with Crippen molar-refractivity contribution in [3.63, 3.8) is 0 Å². The molecular formula is C13H15FN2O2. The summed E-state index contributed by atoms with van der Waals surface area (Å²) in [5, 5.41) is 2.47. The minimum absolute atomic E-state index is 0.118. The molecule has 0 aromatic heterocycles. The maximum absolute atomic E-state index is 13.6. The summed E-state index contributed by atoms with van der Waals surface area (Å²) < 4.78 is 13.6. The molecule has 0 saturated carbocycles. The molecule has 1 N–H and O–H groups in total. The van der Waals surface area contributed by atoms with Crippen molar-refractivity contribution in [3.05, 3.63) is 29.6 Å². The Hall–Kier alpha value is -1.91. The number of nitrogens with one attached hydrogen (secondary N) is 1. The minimum Gasteiger partial charge on any atom is -0.345 e. The van der Waals surface area contributed by atoms with Gasteiger partial charge in [0.05, 0.1) is 5.69 Å². The predicted molar refractivity (Wildman–Crippen MR) is 65.5 cm³/mol. The first-order chi connectivity index (χ1) is 8.49. The van der Waals surface area contributed by atoms with Crippen LogP contribution >= 0.6 is 0 Å². The van der Waals surface area contributed by atoms with Crippen molar-refractivity contribution in [1.29, 1.82) is 0 Å². The topological polar surface area (TPSA) is 49.4 Å². The Bertz CT molecular complexity index is 502. The zero-order chi connectivity index (χ0) is 13.3. The average Bonchev–Trinajstić information content (AvgIpc) is 2.64. The molecule has 1 atom stereocenters. The number of anilines is 1. The highest BCUT2D eigenvalue weighted by atomic mass is 19.1. The second-order valence-corrected chi connectivity index (χ2v) is 4.57. The van der Waals surface area contributed by atoms with Crippen LogP contribution in [-0.2, 0) is 9.59 Å². The molecule has 1 aromatic rings. The van der Waals surface area contributed by atoms with Crippen LogP contribution < -0.4 is 5.32 Å². The molecule has 2 amide bonds. The third-order valence-electron chi connectivity index (χ3n) is 3.13. The van der Waals surface area contributed by atoms with Crippen molar-refractivity contribution in [2.45, 2.75) is 13.3 Å². The van der Waals surface area contributed by atoms with Gasteiger partial charge in [0.25, 0.3) is 0 Å². The van der Waals surface area contributed by atoms with Gasteiger partial charge in [-0.3, -0.25) is 9.59 Å². The van der Waals surface area contributed by atoms with Gasteiger partial charge in [0.1, 0.15) is 11.7 Å². The van der Waals surface area contributed by atoms with Crippen LogP contribution in [0.3, 0.4) is 0 Å². The molecule has 0 spiro atoms. The lowest BCUT2D eigenvalue weighted by molar-refractivity contribution is -0.134. The van der Waals surface area contributed by atoms with Gasteiger partial charge < -0.3 is 10.2 Å². The quantitative estimate of drug-likeness (QED) is 0.810. The Morgan fingerprint density at radius 2 is 2.22 bits per heavy atom. The Morgan fingerprint density at radius 1 is 1.50 bits per heavy atom. The molecule has 1 fully saturated rings. The number of hydrogen-bond donors (Lipinski definition) is 1. The van der Waals surface area contributed by atoms with Crippen molar-refractivity contribution in [1.82, 2.24) is 4.90 Å². The van der Waals surface area contributed by atoms with E-state index in [4.69, 9.17) is 0 Å². The zero-order valence-corrected chi connectivity index (χ0v) is 10.4. The smallest absolute Gasteiger partial charge is 0.237 e. The first kappa shape index (κ1) is 12.5. The van der Waals surface area contributed by atoms with E-state index in [-0.39, 0.29) is 11.6 Å². The molecule has 96 valence electrons. The minimum atomic E-state index is -0.698. The number of rotatable bonds is 2. The number of amides is 2. The monoisotopic (exact) mass is 250 g/mol. The lowest BCUT2D eigenvalue weighted by atomic mass is 10.1. The average molecular weight is 250 g/mol. The van der Waals surface area contributed by atoms with E-state index in [9.17, 15) is 14.0 Å². The molecule has 1 aliphatic heterocycles. The summed E-state index contributed by atoms with van der Waals surface area (Å²) in [7, 11) is 1.65. The molecule has 4 nitrogen and oxygen atoms in total. The molecule has 0 unspecified atom stereocenters. The highest BCUT2D eigenvalue weighted by Gasteiger charge is 2.35. The lowest BCUT2D eigenvalue weighted by Crippen LogP contribution is -2.31. The summed E-state index contributed by atoms with van der Waals surface area (Å²) in [6.07, 6.45) is 0.481. The van der Waals surface area contributed by atoms with Gasteiger partial charge in [0, 0.05) is 13.6 Å². The van der Waals surface area contributed by atoms with Crippen molar-refractivity contribution < 1.29 is 14.0 Å². The third-order valence-corrected chi connectivity index (χ3v) is 3.13. The number of nitrogens with zero attached hydrogens (tertiary/aromatic N) is 1. The van der Waals surface area contributed by atoms with Gasteiger partial charge in [-0.15, -0.1) is 0 Å². The number of aryl methyl sites for hydroxylation is 1. The zero-order valence-electron chi connectivity index (χ0n) is 10.4. The molecule has 1 saturated heterocycles. The Morgan fingerprint density at radius 3 is 2.78 bits per heavy atom.